The van der Waals surface area contributed by atoms with Gasteiger partial charge in [0.2, 0.25) is 0 Å². The molecule has 2 nitrogen and oxygen atoms in total. The molecule has 0 atom stereocenters. The van der Waals surface area contributed by atoms with Crippen LogP contribution in [0, 0.1) is 0 Å². The van der Waals surface area contributed by atoms with Crippen molar-refractivity contribution in [2.75, 3.05) is 0 Å². The van der Waals surface area contributed by atoms with Crippen LogP contribution in [-0.4, -0.2) is 11.2 Å². The van der Waals surface area contributed by atoms with Crippen molar-refractivity contribution >= 4 is 0 Å². The van der Waals surface area contributed by atoms with Gasteiger partial charge in [0.1, 0.15) is 0 Å². The monoisotopic (exact) mass is 398 g/mol. The molecule has 3 heteroatoms. The van der Waals surface area contributed by atoms with E-state index in [0.29, 0.717) is 3.72 Å². The molecule has 0 spiro atoms. The molecule has 26 heavy (non-hydrogen) atoms. The Labute approximate surface area is 173 Å². The summed E-state index contributed by atoms with van der Waals surface area (Å²) in [6, 6.07) is 0. The van der Waals surface area contributed by atoms with Crippen LogP contribution in [-0.2, 0) is 19.2 Å². The number of rotatable bonds is 2. The Hall–Kier alpha value is -0.406. The molecule has 0 saturated carbocycles. The quantitative estimate of drug-likeness (QED) is 0.452. The van der Waals surface area contributed by atoms with Gasteiger partial charge in [-0.25, -0.2) is 0 Å². The molecule has 0 heterocycles. The van der Waals surface area contributed by atoms with Gasteiger partial charge < -0.3 is 10.2 Å². The molecule has 1 aliphatic carbocycles. The van der Waals surface area contributed by atoms with Crippen molar-refractivity contribution in [3.05, 3.63) is 46.4 Å². The maximum absolute atomic E-state index is 10.1. The van der Waals surface area contributed by atoms with E-state index in [1.807, 2.05) is 26.0 Å². The molecule has 1 rings (SSSR count). The van der Waals surface area contributed by atoms with Gasteiger partial charge >= 0.3 is 72.2 Å². The van der Waals surface area contributed by atoms with E-state index in [-0.39, 0.29) is 19.2 Å². The fraction of sp³-hybridized carbons (Fsp3) is 0.652. The van der Waals surface area contributed by atoms with Crippen LogP contribution < -0.4 is 10.2 Å². The molecule has 0 fully saturated rings. The summed E-state index contributed by atoms with van der Waals surface area (Å²) in [4.78, 5) is 0. The van der Waals surface area contributed by atoms with Crippen molar-refractivity contribution in [2.24, 2.45) is 0 Å². The van der Waals surface area contributed by atoms with Crippen molar-refractivity contribution in [3.8, 4) is 0 Å². The maximum atomic E-state index is 10.1. The van der Waals surface area contributed by atoms with E-state index in [9.17, 15) is 10.2 Å². The van der Waals surface area contributed by atoms with Gasteiger partial charge in [0, 0.05) is 0 Å². The third-order valence-corrected chi connectivity index (χ3v) is 4.34. The second kappa shape index (κ2) is 14.6. The minimum absolute atomic E-state index is 0.146. The predicted octanol–water partition coefficient (Wildman–Crippen LogP) is 5.56. The molecule has 0 aliphatic heterocycles. The molecule has 0 aromatic rings. The Bertz CT molecular complexity index is 426. The summed E-state index contributed by atoms with van der Waals surface area (Å²) < 4.78 is 2.28. The van der Waals surface area contributed by atoms with Gasteiger partial charge in [-0.1, -0.05) is 65.8 Å². The van der Waals surface area contributed by atoms with Crippen LogP contribution in [0.2, 0.25) is 3.72 Å². The Balaban J connectivity index is -0.000000289. The van der Waals surface area contributed by atoms with Crippen LogP contribution >= 0.6 is 0 Å². The number of allylic oxidation sites excluding steroid dienone is 7. The predicted molar refractivity (Wildman–Crippen MR) is 111 cm³/mol. The second-order valence-electron chi connectivity index (χ2n) is 9.16. The van der Waals surface area contributed by atoms with E-state index < -0.39 is 11.2 Å². The topological polar surface area (TPSA) is 46.1 Å². The van der Waals surface area contributed by atoms with E-state index in [4.69, 9.17) is 0 Å². The molecule has 0 bridgehead atoms. The van der Waals surface area contributed by atoms with Crippen molar-refractivity contribution in [1.29, 1.82) is 0 Å². The Morgan fingerprint density at radius 1 is 1.00 bits per heavy atom. The Morgan fingerprint density at radius 3 is 1.54 bits per heavy atom. The molecule has 0 unspecified atom stereocenters. The third kappa shape index (κ3) is 49.5. The molecule has 0 amide bonds. The van der Waals surface area contributed by atoms with Gasteiger partial charge in [-0.2, -0.15) is 0 Å². The van der Waals surface area contributed by atoms with Crippen LogP contribution in [0.4, 0.5) is 0 Å². The van der Waals surface area contributed by atoms with Crippen molar-refractivity contribution in [1.82, 2.24) is 0 Å². The molecule has 0 saturated heterocycles. The molecular weight excluding hydrogens is 356 g/mol. The fourth-order valence-electron chi connectivity index (χ4n) is 1.14. The van der Waals surface area contributed by atoms with Crippen molar-refractivity contribution in [3.63, 3.8) is 0 Å². The fourth-order valence-corrected chi connectivity index (χ4v) is 3.27. The van der Waals surface area contributed by atoms with Crippen LogP contribution in [0.25, 0.3) is 0 Å². The third-order valence-electron chi connectivity index (χ3n) is 2.08. The first-order valence-electron chi connectivity index (χ1n) is 9.19. The van der Waals surface area contributed by atoms with Gasteiger partial charge in [-0.15, -0.1) is 11.2 Å². The van der Waals surface area contributed by atoms with Crippen molar-refractivity contribution in [2.45, 2.75) is 97.5 Å². The Kier molecular flexibility index (Phi) is 17.1. The van der Waals surface area contributed by atoms with E-state index in [0.717, 1.165) is 0 Å². The van der Waals surface area contributed by atoms with Crippen LogP contribution in [0.15, 0.2) is 46.4 Å². The molecule has 0 radical (unpaired) electrons. The summed E-state index contributed by atoms with van der Waals surface area (Å²) in [7, 11) is 0. The van der Waals surface area contributed by atoms with Crippen LogP contribution in [0.3, 0.4) is 0 Å². The molecule has 0 aromatic heterocycles. The number of hydrogen-bond acceptors (Lipinski definition) is 2. The van der Waals surface area contributed by atoms with E-state index in [1.54, 1.807) is 45.4 Å². The van der Waals surface area contributed by atoms with Gasteiger partial charge in [-0.3, -0.25) is 0 Å². The average Bonchev–Trinajstić information content (AvgIpc) is 2.85. The minimum atomic E-state index is -0.750. The first kappa shape index (κ1) is 30.3. The molecule has 0 N–H and O–H groups in total. The van der Waals surface area contributed by atoms with Gasteiger partial charge in [0.15, 0.2) is 0 Å². The standard InChI is InChI=1S/C6H10.C5H5.2C4H9O.C4H9.Ti/c1-4-6(3)5-2;1-2-4-5-3-1;2*1-4(2,3)5;1-4(2)3;/h4-5H,1H2,2-3H3;1-3H,4H2;2*1-3H3;1-3H3;/q;;2*-1;;+2. The zero-order valence-corrected chi connectivity index (χ0v) is 20.7. The molecule has 0 aromatic carbocycles. The van der Waals surface area contributed by atoms with Gasteiger partial charge in [0.05, 0.1) is 0 Å². The SMILES string of the molecule is C=CC(C)=CC.CC(C)(C)[O-].CC(C)(C)[O-].C[C](C)(C)[Ti+2][C]1=CC=CC1. The summed E-state index contributed by atoms with van der Waals surface area (Å²) >= 11 is 0.146. The van der Waals surface area contributed by atoms with Crippen LogP contribution in [0.1, 0.15) is 82.6 Å². The summed E-state index contributed by atoms with van der Waals surface area (Å²) in [5, 5.41) is 20.2. The first-order valence-corrected chi connectivity index (χ1v) is 10.7. The molecular formula is C23H42O2Ti. The van der Waals surface area contributed by atoms with Gasteiger partial charge in [-0.05, 0) is 13.8 Å². The molecule has 1 aliphatic rings. The van der Waals surface area contributed by atoms with E-state index >= 15 is 0 Å². The normalized spacial score (nSPS) is 13.7. The zero-order valence-electron chi connectivity index (χ0n) is 19.1. The van der Waals surface area contributed by atoms with Gasteiger partial charge in [0.25, 0.3) is 0 Å². The second-order valence-corrected chi connectivity index (χ2v) is 12.9. The molecule has 150 valence electrons. The van der Waals surface area contributed by atoms with E-state index in [2.05, 4.69) is 45.6 Å². The van der Waals surface area contributed by atoms with Crippen molar-refractivity contribution < 1.29 is 29.4 Å². The zero-order chi connectivity index (χ0) is 21.6. The Morgan fingerprint density at radius 2 is 1.38 bits per heavy atom. The summed E-state index contributed by atoms with van der Waals surface area (Å²) in [5.74, 6) is 0. The summed E-state index contributed by atoms with van der Waals surface area (Å²) in [6.45, 7) is 24.4. The van der Waals surface area contributed by atoms with Crippen LogP contribution in [0.5, 0.6) is 0 Å². The first-order chi connectivity index (χ1) is 11.4. The summed E-state index contributed by atoms with van der Waals surface area (Å²) in [6.07, 6.45) is 11.8. The average molecular weight is 398 g/mol. The van der Waals surface area contributed by atoms with E-state index in [1.165, 1.54) is 12.0 Å². The number of hydrogen-bond donors (Lipinski definition) is 0. The summed E-state index contributed by atoms with van der Waals surface area (Å²) in [5.41, 5.74) is -0.269.